The van der Waals surface area contributed by atoms with Crippen LogP contribution in [0, 0.1) is 11.8 Å². The summed E-state index contributed by atoms with van der Waals surface area (Å²) >= 11 is 0. The zero-order chi connectivity index (χ0) is 13.3. The number of likely N-dealkylation sites (tertiary alicyclic amines) is 1. The van der Waals surface area contributed by atoms with Crippen molar-refractivity contribution in [3.63, 3.8) is 0 Å². The third kappa shape index (κ3) is 3.07. The van der Waals surface area contributed by atoms with Crippen LogP contribution in [0.15, 0.2) is 5.11 Å². The lowest BCUT2D eigenvalue weighted by molar-refractivity contribution is 0.0285. The molecule has 1 heterocycles. The minimum absolute atomic E-state index is 0.0879. The van der Waals surface area contributed by atoms with Crippen molar-refractivity contribution >= 4 is 6.09 Å². The van der Waals surface area contributed by atoms with Gasteiger partial charge in [-0.15, -0.1) is 0 Å². The average molecular weight is 252 g/mol. The molecule has 1 aliphatic heterocycles. The summed E-state index contributed by atoms with van der Waals surface area (Å²) in [4.78, 5) is 16.5. The number of ether oxygens (including phenoxy) is 1. The molecule has 100 valence electrons. The van der Waals surface area contributed by atoms with Gasteiger partial charge in [0.1, 0.15) is 5.60 Å². The monoisotopic (exact) mass is 252 g/mol. The van der Waals surface area contributed by atoms with Crippen LogP contribution in [0.3, 0.4) is 0 Å². The fourth-order valence-electron chi connectivity index (χ4n) is 2.46. The van der Waals surface area contributed by atoms with Gasteiger partial charge in [0, 0.05) is 18.0 Å². The van der Waals surface area contributed by atoms with Crippen molar-refractivity contribution in [1.82, 2.24) is 4.90 Å². The molecule has 2 aliphatic rings. The maximum atomic E-state index is 12.0. The Morgan fingerprint density at radius 1 is 1.39 bits per heavy atom. The van der Waals surface area contributed by atoms with Crippen molar-refractivity contribution in [1.29, 1.82) is 0 Å². The number of carbonyl (C=O) groups excluding carboxylic acids is 1. The number of hydrogen-bond acceptors (Lipinski definition) is 3. The largest absolute Gasteiger partial charge is 0.444 e. The predicted molar refractivity (Wildman–Crippen MR) is 67.0 cm³/mol. The number of rotatable bonds is 2. The Hall–Kier alpha value is -1.42. The number of nitrogens with zero attached hydrogens (tertiary/aromatic N) is 4. The van der Waals surface area contributed by atoms with Crippen molar-refractivity contribution in [3.05, 3.63) is 10.4 Å². The molecule has 1 saturated heterocycles. The second kappa shape index (κ2) is 4.69. The standard InChI is InChI=1S/C12H20N4O2/c1-12(2,3)18-11(17)16-6-9(8-4-5-8)10(7-16)14-15-13/h8-10H,4-7H2,1-3H3/t9-,10-/m1/s1. The SMILES string of the molecule is CC(C)(C)OC(=O)N1C[C@H](C2CC2)[C@H](N=[N+]=[N-])C1. The summed E-state index contributed by atoms with van der Waals surface area (Å²) in [6, 6.07) is -0.0879. The molecule has 2 rings (SSSR count). The Labute approximate surface area is 107 Å². The van der Waals surface area contributed by atoms with Crippen LogP contribution >= 0.6 is 0 Å². The minimum atomic E-state index is -0.483. The van der Waals surface area contributed by atoms with E-state index in [4.69, 9.17) is 10.3 Å². The van der Waals surface area contributed by atoms with E-state index < -0.39 is 5.60 Å². The van der Waals surface area contributed by atoms with Crippen molar-refractivity contribution in [3.8, 4) is 0 Å². The minimum Gasteiger partial charge on any atom is -0.444 e. The first-order valence-electron chi connectivity index (χ1n) is 6.43. The van der Waals surface area contributed by atoms with E-state index in [-0.39, 0.29) is 12.1 Å². The first-order valence-corrected chi connectivity index (χ1v) is 6.43. The third-order valence-corrected chi connectivity index (χ3v) is 3.41. The molecule has 0 aromatic carbocycles. The van der Waals surface area contributed by atoms with Gasteiger partial charge in [-0.2, -0.15) is 0 Å². The van der Waals surface area contributed by atoms with Gasteiger partial charge in [0.15, 0.2) is 0 Å². The first kappa shape index (κ1) is 13.0. The maximum Gasteiger partial charge on any atom is 0.410 e. The quantitative estimate of drug-likeness (QED) is 0.430. The van der Waals surface area contributed by atoms with Crippen molar-refractivity contribution in [2.45, 2.75) is 45.3 Å². The van der Waals surface area contributed by atoms with E-state index in [0.717, 1.165) is 0 Å². The molecule has 0 N–H and O–H groups in total. The van der Waals surface area contributed by atoms with E-state index in [1.807, 2.05) is 20.8 Å². The van der Waals surface area contributed by atoms with Crippen LogP contribution in [0.25, 0.3) is 10.4 Å². The Kier molecular flexibility index (Phi) is 3.39. The molecule has 1 saturated carbocycles. The zero-order valence-electron chi connectivity index (χ0n) is 11.2. The maximum absolute atomic E-state index is 12.0. The fourth-order valence-corrected chi connectivity index (χ4v) is 2.46. The van der Waals surface area contributed by atoms with E-state index in [0.29, 0.717) is 24.9 Å². The molecular weight excluding hydrogens is 232 g/mol. The van der Waals surface area contributed by atoms with Gasteiger partial charge < -0.3 is 9.64 Å². The highest BCUT2D eigenvalue weighted by molar-refractivity contribution is 5.68. The summed E-state index contributed by atoms with van der Waals surface area (Å²) in [6.07, 6.45) is 2.07. The number of carbonyl (C=O) groups is 1. The van der Waals surface area contributed by atoms with Gasteiger partial charge in [0.25, 0.3) is 0 Å². The molecule has 0 spiro atoms. The molecule has 0 bridgehead atoms. The van der Waals surface area contributed by atoms with Gasteiger partial charge in [-0.05, 0) is 51.0 Å². The lowest BCUT2D eigenvalue weighted by Crippen LogP contribution is -2.35. The molecular formula is C12H20N4O2. The smallest absolute Gasteiger partial charge is 0.410 e. The second-order valence-corrected chi connectivity index (χ2v) is 6.16. The average Bonchev–Trinajstić information content (AvgIpc) is 2.98. The summed E-state index contributed by atoms with van der Waals surface area (Å²) in [5, 5.41) is 3.83. The molecule has 2 fully saturated rings. The Morgan fingerprint density at radius 2 is 2.06 bits per heavy atom. The molecule has 1 amide bonds. The van der Waals surface area contributed by atoms with Crippen molar-refractivity contribution < 1.29 is 9.53 Å². The van der Waals surface area contributed by atoms with Crippen LogP contribution in [0.1, 0.15) is 33.6 Å². The summed E-state index contributed by atoms with van der Waals surface area (Å²) in [7, 11) is 0. The summed E-state index contributed by atoms with van der Waals surface area (Å²) in [5.74, 6) is 0.932. The van der Waals surface area contributed by atoms with Gasteiger partial charge in [0.05, 0.1) is 6.04 Å². The van der Waals surface area contributed by atoms with E-state index in [1.54, 1.807) is 4.90 Å². The van der Waals surface area contributed by atoms with Crippen LogP contribution in [0.2, 0.25) is 0 Å². The van der Waals surface area contributed by atoms with E-state index in [2.05, 4.69) is 10.0 Å². The van der Waals surface area contributed by atoms with Crippen molar-refractivity contribution in [2.75, 3.05) is 13.1 Å². The van der Waals surface area contributed by atoms with Gasteiger partial charge >= 0.3 is 6.09 Å². The highest BCUT2D eigenvalue weighted by atomic mass is 16.6. The Bertz CT molecular complexity index is 380. The van der Waals surface area contributed by atoms with Crippen LogP contribution in [-0.2, 0) is 4.74 Å². The van der Waals surface area contributed by atoms with E-state index in [9.17, 15) is 4.79 Å². The third-order valence-electron chi connectivity index (χ3n) is 3.41. The highest BCUT2D eigenvalue weighted by Gasteiger charge is 2.44. The summed E-state index contributed by atoms with van der Waals surface area (Å²) < 4.78 is 5.35. The molecule has 0 aromatic rings. The number of amides is 1. The van der Waals surface area contributed by atoms with Crippen LogP contribution in [-0.4, -0.2) is 35.7 Å². The summed E-state index contributed by atoms with van der Waals surface area (Å²) in [6.45, 7) is 6.70. The van der Waals surface area contributed by atoms with Crippen molar-refractivity contribution in [2.24, 2.45) is 17.0 Å². The van der Waals surface area contributed by atoms with E-state index in [1.165, 1.54) is 12.8 Å². The molecule has 6 nitrogen and oxygen atoms in total. The molecule has 18 heavy (non-hydrogen) atoms. The predicted octanol–water partition coefficient (Wildman–Crippen LogP) is 2.94. The zero-order valence-corrected chi connectivity index (χ0v) is 11.2. The topological polar surface area (TPSA) is 78.3 Å². The van der Waals surface area contributed by atoms with E-state index >= 15 is 0 Å². The Balaban J connectivity index is 1.99. The van der Waals surface area contributed by atoms with Gasteiger partial charge in [-0.3, -0.25) is 0 Å². The molecule has 0 aromatic heterocycles. The number of hydrogen-bond donors (Lipinski definition) is 0. The molecule has 1 aliphatic carbocycles. The summed E-state index contributed by atoms with van der Waals surface area (Å²) in [5.41, 5.74) is 8.10. The lowest BCUT2D eigenvalue weighted by Gasteiger charge is -2.24. The molecule has 6 heteroatoms. The Morgan fingerprint density at radius 3 is 2.56 bits per heavy atom. The van der Waals surface area contributed by atoms with Crippen LogP contribution in [0.4, 0.5) is 4.79 Å². The van der Waals surface area contributed by atoms with Crippen LogP contribution in [0.5, 0.6) is 0 Å². The normalized spacial score (nSPS) is 27.8. The fraction of sp³-hybridized carbons (Fsp3) is 0.917. The highest BCUT2D eigenvalue weighted by Crippen LogP contribution is 2.42. The van der Waals surface area contributed by atoms with Gasteiger partial charge in [0.2, 0.25) is 0 Å². The molecule has 2 atom stereocenters. The molecule has 0 radical (unpaired) electrons. The van der Waals surface area contributed by atoms with Gasteiger partial charge in [-0.25, -0.2) is 4.79 Å². The molecule has 0 unspecified atom stereocenters. The number of azide groups is 1. The first-order chi connectivity index (χ1) is 8.40. The van der Waals surface area contributed by atoms with Crippen LogP contribution < -0.4 is 0 Å². The second-order valence-electron chi connectivity index (χ2n) is 6.16. The lowest BCUT2D eigenvalue weighted by atomic mass is 9.99. The van der Waals surface area contributed by atoms with Gasteiger partial charge in [-0.1, -0.05) is 5.11 Å².